The van der Waals surface area contributed by atoms with Crippen LogP contribution in [0.2, 0.25) is 0 Å². The van der Waals surface area contributed by atoms with Crippen molar-refractivity contribution in [2.45, 2.75) is 6.92 Å². The van der Waals surface area contributed by atoms with Crippen LogP contribution in [0.3, 0.4) is 0 Å². The monoisotopic (exact) mass is 230 g/mol. The van der Waals surface area contributed by atoms with E-state index in [-0.39, 0.29) is 6.15 Å². The number of aromatic nitrogens is 1. The van der Waals surface area contributed by atoms with Gasteiger partial charge in [0.05, 0.1) is 12.3 Å². The maximum absolute atomic E-state index is 8.12. The van der Waals surface area contributed by atoms with E-state index in [0.717, 1.165) is 24.0 Å². The third kappa shape index (κ3) is 5.96. The van der Waals surface area contributed by atoms with Gasteiger partial charge in [0.1, 0.15) is 0 Å². The summed E-state index contributed by atoms with van der Waals surface area (Å²) in [6.45, 7) is 3.64. The lowest BCUT2D eigenvalue weighted by Gasteiger charge is -2.14. The van der Waals surface area contributed by atoms with Crippen LogP contribution in [0.25, 0.3) is 0 Å². The van der Waals surface area contributed by atoms with Crippen LogP contribution in [-0.4, -0.2) is 38.4 Å². The molecule has 84 valence electrons. The van der Waals surface area contributed by atoms with E-state index >= 15 is 0 Å². The predicted octanol–water partition coefficient (Wildman–Crippen LogP) is 0.951. The van der Waals surface area contributed by atoms with Gasteiger partial charge in [-0.1, -0.05) is 0 Å². The second kappa shape index (κ2) is 8.11. The highest BCUT2D eigenvalue weighted by atomic mass is 32.1. The van der Waals surface area contributed by atoms with Crippen molar-refractivity contribution in [3.63, 3.8) is 0 Å². The summed E-state index contributed by atoms with van der Waals surface area (Å²) >= 11 is 1.67. The van der Waals surface area contributed by atoms with E-state index in [2.05, 4.69) is 15.3 Å². The topological polar surface area (TPSA) is 59.5 Å². The first-order valence-electron chi connectivity index (χ1n) is 4.27. The number of hydrogen-bond acceptors (Lipinski definition) is 6. The Morgan fingerprint density at radius 1 is 1.60 bits per heavy atom. The third-order valence-corrected chi connectivity index (χ3v) is 2.64. The SMILES string of the molecule is COCCN(C)c1nc(C)cs1.O=C=O. The normalized spacial score (nSPS) is 8.73. The summed E-state index contributed by atoms with van der Waals surface area (Å²) in [7, 11) is 3.73. The average molecular weight is 230 g/mol. The van der Waals surface area contributed by atoms with Crippen molar-refractivity contribution in [3.8, 4) is 0 Å². The minimum atomic E-state index is 0.250. The number of anilines is 1. The maximum Gasteiger partial charge on any atom is 0.373 e. The maximum atomic E-state index is 8.12. The lowest BCUT2D eigenvalue weighted by atomic mass is 10.6. The van der Waals surface area contributed by atoms with Crippen molar-refractivity contribution in [2.24, 2.45) is 0 Å². The number of carbonyl (C=O) groups excluding carboxylic acids is 2. The van der Waals surface area contributed by atoms with Gasteiger partial charge in [-0.2, -0.15) is 9.59 Å². The minimum absolute atomic E-state index is 0.250. The number of aryl methyl sites for hydroxylation is 1. The molecule has 0 spiro atoms. The molecule has 0 saturated carbocycles. The van der Waals surface area contributed by atoms with Gasteiger partial charge >= 0.3 is 6.15 Å². The molecule has 6 heteroatoms. The fraction of sp³-hybridized carbons (Fsp3) is 0.556. The Kier molecular flexibility index (Phi) is 7.44. The van der Waals surface area contributed by atoms with Crippen LogP contribution in [0.4, 0.5) is 5.13 Å². The molecule has 5 nitrogen and oxygen atoms in total. The summed E-state index contributed by atoms with van der Waals surface area (Å²) in [5.74, 6) is 0. The molecule has 0 aliphatic heterocycles. The molecule has 0 radical (unpaired) electrons. The predicted molar refractivity (Wildman–Crippen MR) is 57.0 cm³/mol. The number of thiazole rings is 1. The van der Waals surface area contributed by atoms with Gasteiger partial charge in [-0.3, -0.25) is 0 Å². The molecular weight excluding hydrogens is 216 g/mol. The number of rotatable bonds is 4. The van der Waals surface area contributed by atoms with Crippen LogP contribution >= 0.6 is 11.3 Å². The molecule has 0 unspecified atom stereocenters. The Labute approximate surface area is 92.7 Å². The van der Waals surface area contributed by atoms with Crippen LogP contribution < -0.4 is 4.90 Å². The Morgan fingerprint density at radius 2 is 2.20 bits per heavy atom. The lowest BCUT2D eigenvalue weighted by molar-refractivity contribution is -0.191. The average Bonchev–Trinajstić information content (AvgIpc) is 2.62. The molecule has 0 aliphatic carbocycles. The molecule has 0 amide bonds. The highest BCUT2D eigenvalue weighted by Gasteiger charge is 2.03. The zero-order valence-corrected chi connectivity index (χ0v) is 9.84. The summed E-state index contributed by atoms with van der Waals surface area (Å²) in [5.41, 5.74) is 1.08. The summed E-state index contributed by atoms with van der Waals surface area (Å²) in [4.78, 5) is 22.7. The number of methoxy groups -OCH3 is 1. The third-order valence-electron chi connectivity index (χ3n) is 1.56. The van der Waals surface area contributed by atoms with Gasteiger partial charge in [-0.05, 0) is 6.92 Å². The smallest absolute Gasteiger partial charge is 0.373 e. The highest BCUT2D eigenvalue weighted by Crippen LogP contribution is 2.17. The number of hydrogen-bond donors (Lipinski definition) is 0. The summed E-state index contributed by atoms with van der Waals surface area (Å²) in [6, 6.07) is 0. The first-order valence-corrected chi connectivity index (χ1v) is 5.15. The molecule has 1 rings (SSSR count). The minimum Gasteiger partial charge on any atom is -0.383 e. The zero-order valence-electron chi connectivity index (χ0n) is 9.02. The van der Waals surface area contributed by atoms with E-state index in [9.17, 15) is 0 Å². The Morgan fingerprint density at radius 3 is 2.60 bits per heavy atom. The molecule has 1 aromatic heterocycles. The van der Waals surface area contributed by atoms with Crippen LogP contribution in [0.15, 0.2) is 5.38 Å². The second-order valence-electron chi connectivity index (χ2n) is 2.77. The second-order valence-corrected chi connectivity index (χ2v) is 3.61. The number of nitrogens with zero attached hydrogens (tertiary/aromatic N) is 2. The van der Waals surface area contributed by atoms with E-state index < -0.39 is 0 Å². The van der Waals surface area contributed by atoms with Crippen LogP contribution in [0.5, 0.6) is 0 Å². The first kappa shape index (κ1) is 13.8. The summed E-state index contributed by atoms with van der Waals surface area (Å²) < 4.78 is 4.98. The van der Waals surface area contributed by atoms with Gasteiger partial charge in [0, 0.05) is 26.1 Å². The zero-order chi connectivity index (χ0) is 11.7. The van der Waals surface area contributed by atoms with Crippen LogP contribution in [0.1, 0.15) is 5.69 Å². The molecule has 0 aromatic carbocycles. The molecule has 0 aliphatic rings. The fourth-order valence-electron chi connectivity index (χ4n) is 0.841. The number of likely N-dealkylation sites (N-methyl/N-ethyl adjacent to an activating group) is 1. The molecule has 15 heavy (non-hydrogen) atoms. The summed E-state index contributed by atoms with van der Waals surface area (Å²) in [5, 5.41) is 3.11. The Bertz CT molecular complexity index is 308. The van der Waals surface area contributed by atoms with Gasteiger partial charge < -0.3 is 9.64 Å². The van der Waals surface area contributed by atoms with Gasteiger partial charge in [0.15, 0.2) is 5.13 Å². The largest absolute Gasteiger partial charge is 0.383 e. The quantitative estimate of drug-likeness (QED) is 0.770. The van der Waals surface area contributed by atoms with Gasteiger partial charge in [-0.25, -0.2) is 4.98 Å². The first-order chi connectivity index (χ1) is 7.15. The van der Waals surface area contributed by atoms with Crippen molar-refractivity contribution in [1.29, 1.82) is 0 Å². The highest BCUT2D eigenvalue weighted by molar-refractivity contribution is 7.13. The molecule has 0 saturated heterocycles. The summed E-state index contributed by atoms with van der Waals surface area (Å²) in [6.07, 6.45) is 0.250. The van der Waals surface area contributed by atoms with E-state index in [0.29, 0.717) is 0 Å². The number of ether oxygens (including phenoxy) is 1. The fourth-order valence-corrected chi connectivity index (χ4v) is 1.64. The van der Waals surface area contributed by atoms with Crippen molar-refractivity contribution < 1.29 is 14.3 Å². The Hall–Kier alpha value is -1.23. The Balaban J connectivity index is 0.000000583. The van der Waals surface area contributed by atoms with E-state index in [1.165, 1.54) is 0 Å². The van der Waals surface area contributed by atoms with Crippen molar-refractivity contribution >= 4 is 22.6 Å². The van der Waals surface area contributed by atoms with Crippen molar-refractivity contribution in [2.75, 3.05) is 32.2 Å². The van der Waals surface area contributed by atoms with Crippen LogP contribution in [0, 0.1) is 6.92 Å². The molecule has 0 fully saturated rings. The molecular formula is C9H14N2O3S. The van der Waals surface area contributed by atoms with E-state index in [1.54, 1.807) is 18.4 Å². The molecule has 0 atom stereocenters. The molecule has 1 aromatic rings. The van der Waals surface area contributed by atoms with Gasteiger partial charge in [0.25, 0.3) is 0 Å². The molecule has 0 bridgehead atoms. The van der Waals surface area contributed by atoms with E-state index in [1.807, 2.05) is 14.0 Å². The lowest BCUT2D eigenvalue weighted by Crippen LogP contribution is -2.21. The van der Waals surface area contributed by atoms with Crippen LogP contribution in [-0.2, 0) is 14.3 Å². The van der Waals surface area contributed by atoms with Crippen molar-refractivity contribution in [3.05, 3.63) is 11.1 Å². The van der Waals surface area contributed by atoms with Gasteiger partial charge in [0.2, 0.25) is 0 Å². The molecule has 1 heterocycles. The standard InChI is InChI=1S/C8H14N2OS.CO2/c1-7-6-12-8(9-7)10(2)4-5-11-3;2-1-3/h6H,4-5H2,1-3H3;. The van der Waals surface area contributed by atoms with Crippen molar-refractivity contribution in [1.82, 2.24) is 4.98 Å². The van der Waals surface area contributed by atoms with Gasteiger partial charge in [-0.15, -0.1) is 11.3 Å². The molecule has 0 N–H and O–H groups in total. The van der Waals surface area contributed by atoms with E-state index in [4.69, 9.17) is 14.3 Å².